The van der Waals surface area contributed by atoms with E-state index in [0.29, 0.717) is 29.8 Å². The van der Waals surface area contributed by atoms with Crippen molar-refractivity contribution in [2.75, 3.05) is 39.5 Å². The van der Waals surface area contributed by atoms with Crippen LogP contribution in [-0.2, 0) is 9.53 Å². The van der Waals surface area contributed by atoms with Crippen LogP contribution in [0.25, 0.3) is 0 Å². The first-order valence-electron chi connectivity index (χ1n) is 8.36. The SMILES string of the molecule is CC(C)C(CNC(=O)COc1ccc(C=O)cc1)N1CCOCC1. The van der Waals surface area contributed by atoms with Crippen molar-refractivity contribution >= 4 is 12.2 Å². The Morgan fingerprint density at radius 2 is 1.96 bits per heavy atom. The zero-order valence-electron chi connectivity index (χ0n) is 14.4. The van der Waals surface area contributed by atoms with Crippen LogP contribution in [0.1, 0.15) is 24.2 Å². The van der Waals surface area contributed by atoms with Crippen molar-refractivity contribution < 1.29 is 19.1 Å². The second-order valence-corrected chi connectivity index (χ2v) is 6.24. The zero-order valence-corrected chi connectivity index (χ0v) is 14.4. The minimum absolute atomic E-state index is 0.0334. The number of aldehydes is 1. The maximum Gasteiger partial charge on any atom is 0.257 e. The van der Waals surface area contributed by atoms with Gasteiger partial charge in [0.05, 0.1) is 13.2 Å². The molecule has 0 spiro atoms. The van der Waals surface area contributed by atoms with Crippen LogP contribution < -0.4 is 10.1 Å². The second kappa shape index (κ2) is 9.39. The van der Waals surface area contributed by atoms with Crippen molar-refractivity contribution in [3.63, 3.8) is 0 Å². The van der Waals surface area contributed by atoms with E-state index in [1.165, 1.54) is 0 Å². The number of nitrogens with zero attached hydrogens (tertiary/aromatic N) is 1. The number of carbonyl (C=O) groups is 2. The number of benzene rings is 1. The normalized spacial score (nSPS) is 16.6. The Kier molecular flexibility index (Phi) is 7.21. The number of rotatable bonds is 8. The summed E-state index contributed by atoms with van der Waals surface area (Å²) < 4.78 is 10.8. The smallest absolute Gasteiger partial charge is 0.257 e. The van der Waals surface area contributed by atoms with Crippen LogP contribution in [0.5, 0.6) is 5.75 Å². The quantitative estimate of drug-likeness (QED) is 0.727. The van der Waals surface area contributed by atoms with Gasteiger partial charge in [-0.3, -0.25) is 14.5 Å². The average Bonchev–Trinajstić information content (AvgIpc) is 2.61. The monoisotopic (exact) mass is 334 g/mol. The van der Waals surface area contributed by atoms with Crippen LogP contribution in [0.2, 0.25) is 0 Å². The summed E-state index contributed by atoms with van der Waals surface area (Å²) >= 11 is 0. The van der Waals surface area contributed by atoms with Crippen LogP contribution in [0, 0.1) is 5.92 Å². The van der Waals surface area contributed by atoms with E-state index in [1.807, 2.05) is 0 Å². The van der Waals surface area contributed by atoms with Crippen molar-refractivity contribution in [3.8, 4) is 5.75 Å². The topological polar surface area (TPSA) is 67.9 Å². The number of hydrogen-bond donors (Lipinski definition) is 1. The molecule has 1 aliphatic heterocycles. The van der Waals surface area contributed by atoms with Crippen molar-refractivity contribution in [1.29, 1.82) is 0 Å². The third-order valence-electron chi connectivity index (χ3n) is 4.18. The molecule has 1 heterocycles. The van der Waals surface area contributed by atoms with E-state index in [4.69, 9.17) is 9.47 Å². The molecule has 1 aliphatic rings. The lowest BCUT2D eigenvalue weighted by molar-refractivity contribution is -0.123. The Balaban J connectivity index is 1.76. The fraction of sp³-hybridized carbons (Fsp3) is 0.556. The summed E-state index contributed by atoms with van der Waals surface area (Å²) in [6.07, 6.45) is 0.772. The third-order valence-corrected chi connectivity index (χ3v) is 4.18. The van der Waals surface area contributed by atoms with Gasteiger partial charge in [0, 0.05) is 31.2 Å². The molecule has 24 heavy (non-hydrogen) atoms. The first-order valence-corrected chi connectivity index (χ1v) is 8.36. The number of nitrogens with one attached hydrogen (secondary N) is 1. The third kappa shape index (κ3) is 5.62. The van der Waals surface area contributed by atoms with Gasteiger partial charge in [-0.05, 0) is 30.2 Å². The molecule has 0 saturated carbocycles. The molecule has 1 unspecified atom stereocenters. The molecule has 2 rings (SSSR count). The van der Waals surface area contributed by atoms with Crippen molar-refractivity contribution in [2.24, 2.45) is 5.92 Å². The molecule has 132 valence electrons. The molecule has 6 heteroatoms. The molecule has 0 bridgehead atoms. The molecular formula is C18H26N2O4. The predicted molar refractivity (Wildman–Crippen MR) is 91.4 cm³/mol. The molecule has 0 aliphatic carbocycles. The van der Waals surface area contributed by atoms with E-state index in [9.17, 15) is 9.59 Å². The van der Waals surface area contributed by atoms with Gasteiger partial charge in [0.25, 0.3) is 5.91 Å². The molecule has 1 N–H and O–H groups in total. The fourth-order valence-corrected chi connectivity index (χ4v) is 2.76. The van der Waals surface area contributed by atoms with E-state index in [2.05, 4.69) is 24.1 Å². The lowest BCUT2D eigenvalue weighted by Gasteiger charge is -2.36. The lowest BCUT2D eigenvalue weighted by atomic mass is 10.0. The number of carbonyl (C=O) groups excluding carboxylic acids is 2. The van der Waals surface area contributed by atoms with Gasteiger partial charge in [-0.1, -0.05) is 13.8 Å². The van der Waals surface area contributed by atoms with E-state index in [-0.39, 0.29) is 12.5 Å². The molecule has 1 saturated heterocycles. The van der Waals surface area contributed by atoms with E-state index in [0.717, 1.165) is 32.6 Å². The van der Waals surface area contributed by atoms with E-state index in [1.54, 1.807) is 24.3 Å². The summed E-state index contributed by atoms with van der Waals surface area (Å²) in [6.45, 7) is 8.19. The van der Waals surface area contributed by atoms with Gasteiger partial charge in [0.15, 0.2) is 6.61 Å². The summed E-state index contributed by atoms with van der Waals surface area (Å²) in [7, 11) is 0. The van der Waals surface area contributed by atoms with Gasteiger partial charge in [-0.2, -0.15) is 0 Å². The Morgan fingerprint density at radius 1 is 1.29 bits per heavy atom. The Bertz CT molecular complexity index is 524. The highest BCUT2D eigenvalue weighted by molar-refractivity contribution is 5.77. The van der Waals surface area contributed by atoms with Gasteiger partial charge in [-0.15, -0.1) is 0 Å². The predicted octanol–water partition coefficient (Wildman–Crippen LogP) is 1.35. The summed E-state index contributed by atoms with van der Waals surface area (Å²) in [5, 5.41) is 2.95. The molecule has 1 aromatic rings. The standard InChI is InChI=1S/C18H26N2O4/c1-14(2)17(20-7-9-23-10-8-20)11-19-18(22)13-24-16-5-3-15(12-21)4-6-16/h3-6,12,14,17H,7-11,13H2,1-2H3,(H,19,22). The average molecular weight is 334 g/mol. The van der Waals surface area contributed by atoms with Gasteiger partial charge in [-0.25, -0.2) is 0 Å². The highest BCUT2D eigenvalue weighted by Gasteiger charge is 2.24. The van der Waals surface area contributed by atoms with Crippen molar-refractivity contribution in [3.05, 3.63) is 29.8 Å². The molecule has 0 aromatic heterocycles. The summed E-state index contributed by atoms with van der Waals surface area (Å²) in [4.78, 5) is 25.0. The van der Waals surface area contributed by atoms with Gasteiger partial charge in [0.2, 0.25) is 0 Å². The van der Waals surface area contributed by atoms with Crippen LogP contribution in [-0.4, -0.2) is 62.6 Å². The maximum absolute atomic E-state index is 12.0. The van der Waals surface area contributed by atoms with Gasteiger partial charge < -0.3 is 14.8 Å². The number of ether oxygens (including phenoxy) is 2. The van der Waals surface area contributed by atoms with Gasteiger partial charge in [0.1, 0.15) is 12.0 Å². The Morgan fingerprint density at radius 3 is 2.54 bits per heavy atom. The highest BCUT2D eigenvalue weighted by atomic mass is 16.5. The van der Waals surface area contributed by atoms with E-state index >= 15 is 0 Å². The number of hydrogen-bond acceptors (Lipinski definition) is 5. The minimum atomic E-state index is -0.145. The lowest BCUT2D eigenvalue weighted by Crippen LogP contribution is -2.51. The second-order valence-electron chi connectivity index (χ2n) is 6.24. The van der Waals surface area contributed by atoms with Gasteiger partial charge >= 0.3 is 0 Å². The molecule has 1 aromatic carbocycles. The van der Waals surface area contributed by atoms with Crippen LogP contribution in [0.15, 0.2) is 24.3 Å². The van der Waals surface area contributed by atoms with E-state index < -0.39 is 0 Å². The highest BCUT2D eigenvalue weighted by Crippen LogP contribution is 2.13. The van der Waals surface area contributed by atoms with Crippen molar-refractivity contribution in [2.45, 2.75) is 19.9 Å². The first kappa shape index (κ1) is 18.4. The Hall–Kier alpha value is -1.92. The summed E-state index contributed by atoms with van der Waals surface area (Å²) in [5.74, 6) is 0.873. The summed E-state index contributed by atoms with van der Waals surface area (Å²) in [5.41, 5.74) is 0.581. The molecule has 1 fully saturated rings. The molecule has 1 amide bonds. The van der Waals surface area contributed by atoms with Crippen LogP contribution >= 0.6 is 0 Å². The molecular weight excluding hydrogens is 308 g/mol. The number of morpholine rings is 1. The zero-order chi connectivity index (χ0) is 17.4. The maximum atomic E-state index is 12.0. The molecule has 0 radical (unpaired) electrons. The van der Waals surface area contributed by atoms with Crippen LogP contribution in [0.3, 0.4) is 0 Å². The number of amides is 1. The van der Waals surface area contributed by atoms with Crippen molar-refractivity contribution in [1.82, 2.24) is 10.2 Å². The fourth-order valence-electron chi connectivity index (χ4n) is 2.76. The molecule has 6 nitrogen and oxygen atoms in total. The molecule has 1 atom stereocenters. The summed E-state index contributed by atoms with van der Waals surface area (Å²) in [6, 6.07) is 6.98. The Labute approximate surface area is 143 Å². The van der Waals surface area contributed by atoms with Crippen LogP contribution in [0.4, 0.5) is 0 Å². The largest absolute Gasteiger partial charge is 0.484 e. The minimum Gasteiger partial charge on any atom is -0.484 e. The first-order chi connectivity index (χ1) is 11.6.